The fourth-order valence-corrected chi connectivity index (χ4v) is 3.54. The third kappa shape index (κ3) is 4.82. The number of benzene rings is 1. The van der Waals surface area contributed by atoms with E-state index in [4.69, 9.17) is 9.68 Å². The lowest BCUT2D eigenvalue weighted by Gasteiger charge is -2.23. The number of anilines is 1. The van der Waals surface area contributed by atoms with Crippen LogP contribution in [0.5, 0.6) is 0 Å². The summed E-state index contributed by atoms with van der Waals surface area (Å²) >= 11 is 1.54. The van der Waals surface area contributed by atoms with Crippen molar-refractivity contribution in [2.75, 3.05) is 11.9 Å². The molecule has 8 heteroatoms. The number of carbonyl (C=O) groups is 1. The Morgan fingerprint density at radius 1 is 1.36 bits per heavy atom. The first kappa shape index (κ1) is 19.7. The summed E-state index contributed by atoms with van der Waals surface area (Å²) < 4.78 is 5.78. The highest BCUT2D eigenvalue weighted by Crippen LogP contribution is 2.22. The molecule has 0 bridgehead atoms. The van der Waals surface area contributed by atoms with Gasteiger partial charge in [-0.25, -0.2) is 0 Å². The maximum absolute atomic E-state index is 12.7. The minimum absolute atomic E-state index is 0.114. The monoisotopic (exact) mass is 396 g/mol. The first-order chi connectivity index (χ1) is 13.6. The van der Waals surface area contributed by atoms with Crippen LogP contribution in [-0.4, -0.2) is 28.7 Å². The van der Waals surface area contributed by atoms with Crippen LogP contribution in [0.2, 0.25) is 0 Å². The second kappa shape index (κ2) is 9.26. The van der Waals surface area contributed by atoms with Gasteiger partial charge in [0.2, 0.25) is 0 Å². The summed E-state index contributed by atoms with van der Waals surface area (Å²) in [5.41, 5.74) is 1.12. The van der Waals surface area contributed by atoms with Gasteiger partial charge in [0.15, 0.2) is 12.6 Å². The van der Waals surface area contributed by atoms with Crippen LogP contribution in [0.3, 0.4) is 0 Å². The second-order valence-corrected chi connectivity index (χ2v) is 7.41. The van der Waals surface area contributed by atoms with Gasteiger partial charge in [-0.3, -0.25) is 4.79 Å². The summed E-state index contributed by atoms with van der Waals surface area (Å²) in [4.78, 5) is 14.7. The molecule has 144 valence electrons. The molecule has 2 aromatic heterocycles. The molecule has 3 aromatic rings. The summed E-state index contributed by atoms with van der Waals surface area (Å²) in [6, 6.07) is 12.5. The van der Waals surface area contributed by atoms with Crippen molar-refractivity contribution < 1.29 is 14.1 Å². The van der Waals surface area contributed by atoms with E-state index in [2.05, 4.69) is 28.5 Å². The quantitative estimate of drug-likeness (QED) is 0.610. The molecular weight excluding hydrogens is 374 g/mol. The Bertz CT molecular complexity index is 961. The average molecular weight is 396 g/mol. The number of hydrogen-bond acceptors (Lipinski definition) is 6. The van der Waals surface area contributed by atoms with Crippen LogP contribution >= 0.6 is 11.3 Å². The summed E-state index contributed by atoms with van der Waals surface area (Å²) in [7, 11) is 0. The van der Waals surface area contributed by atoms with E-state index in [1.165, 1.54) is 0 Å². The maximum atomic E-state index is 12.7. The zero-order valence-corrected chi connectivity index (χ0v) is 16.6. The Balaban J connectivity index is 1.68. The Morgan fingerprint density at radius 2 is 2.21 bits per heavy atom. The average Bonchev–Trinajstić information content (AvgIpc) is 3.39. The maximum Gasteiger partial charge on any atom is 0.282 e. The fourth-order valence-electron chi connectivity index (χ4n) is 2.90. The third-order valence-corrected chi connectivity index (χ3v) is 5.27. The van der Waals surface area contributed by atoms with E-state index >= 15 is 0 Å². The number of hydrogen-bond donors (Lipinski definition) is 2. The van der Waals surface area contributed by atoms with Gasteiger partial charge in [-0.2, -0.15) is 5.26 Å². The number of carbonyl (C=O) groups excluding carboxylic acids is 1. The van der Waals surface area contributed by atoms with Gasteiger partial charge < -0.3 is 14.6 Å². The van der Waals surface area contributed by atoms with Crippen molar-refractivity contribution in [2.45, 2.75) is 32.9 Å². The number of nitrogens with one attached hydrogen (secondary N) is 2. The van der Waals surface area contributed by atoms with E-state index in [0.717, 1.165) is 22.7 Å². The minimum atomic E-state index is -0.317. The van der Waals surface area contributed by atoms with Crippen LogP contribution in [0, 0.1) is 11.3 Å². The van der Waals surface area contributed by atoms with Gasteiger partial charge >= 0.3 is 0 Å². The molecular formula is C20H22N5O2S+. The number of quaternary nitrogens is 1. The van der Waals surface area contributed by atoms with Crippen molar-refractivity contribution in [1.29, 1.82) is 5.26 Å². The van der Waals surface area contributed by atoms with Gasteiger partial charge in [-0.05, 0) is 43.0 Å². The molecule has 2 heterocycles. The van der Waals surface area contributed by atoms with Crippen LogP contribution in [0.4, 0.5) is 5.69 Å². The number of amides is 1. The molecule has 0 saturated carbocycles. The molecule has 0 aliphatic rings. The van der Waals surface area contributed by atoms with E-state index in [0.29, 0.717) is 29.6 Å². The molecule has 7 nitrogen and oxygen atoms in total. The number of nitrogens with zero attached hydrogens (tertiary/aromatic N) is 3. The van der Waals surface area contributed by atoms with Crippen molar-refractivity contribution >= 4 is 22.9 Å². The van der Waals surface area contributed by atoms with Gasteiger partial charge in [0, 0.05) is 5.69 Å². The SMILES string of the molecule is CCC[NH+](Cc1nnc(-c2cccs2)o1)[C@@H](C)C(=O)Nc1cccc(C#N)c1. The van der Waals surface area contributed by atoms with Gasteiger partial charge in [0.05, 0.1) is 23.1 Å². The highest BCUT2D eigenvalue weighted by Gasteiger charge is 2.27. The smallest absolute Gasteiger partial charge is 0.282 e. The van der Waals surface area contributed by atoms with Crippen LogP contribution in [0.1, 0.15) is 31.7 Å². The van der Waals surface area contributed by atoms with Crippen LogP contribution in [-0.2, 0) is 11.3 Å². The summed E-state index contributed by atoms with van der Waals surface area (Å²) in [5.74, 6) is 0.904. The first-order valence-corrected chi connectivity index (χ1v) is 10.0. The molecule has 0 aliphatic heterocycles. The lowest BCUT2D eigenvalue weighted by molar-refractivity contribution is -0.928. The Labute approximate surface area is 167 Å². The summed E-state index contributed by atoms with van der Waals surface area (Å²) in [6.45, 7) is 5.22. The Kier molecular flexibility index (Phi) is 6.53. The minimum Gasteiger partial charge on any atom is -0.414 e. The molecule has 0 radical (unpaired) electrons. The number of aromatic nitrogens is 2. The van der Waals surface area contributed by atoms with Crippen molar-refractivity contribution in [3.63, 3.8) is 0 Å². The van der Waals surface area contributed by atoms with Crippen molar-refractivity contribution in [3.8, 4) is 16.8 Å². The Hall–Kier alpha value is -3.02. The van der Waals surface area contributed by atoms with E-state index in [-0.39, 0.29) is 11.9 Å². The molecule has 0 spiro atoms. The van der Waals surface area contributed by atoms with E-state index in [9.17, 15) is 4.79 Å². The molecule has 2 N–H and O–H groups in total. The standard InChI is InChI=1S/C20H21N5O2S/c1-3-9-25(13-18-23-24-20(27-18)17-8-5-10-28-17)14(2)19(26)22-16-7-4-6-15(11-16)12-21/h4-8,10-11,14H,3,9,13H2,1-2H3,(H,22,26)/p+1/t14-/m0/s1. The van der Waals surface area contributed by atoms with Crippen LogP contribution in [0.15, 0.2) is 46.2 Å². The topological polar surface area (TPSA) is 96.2 Å². The van der Waals surface area contributed by atoms with Crippen molar-refractivity contribution in [3.05, 3.63) is 53.2 Å². The molecule has 0 saturated heterocycles. The van der Waals surface area contributed by atoms with Gasteiger partial charge in [-0.15, -0.1) is 21.5 Å². The third-order valence-electron chi connectivity index (χ3n) is 4.41. The number of nitriles is 1. The number of thiophene rings is 1. The molecule has 3 rings (SSSR count). The van der Waals surface area contributed by atoms with Gasteiger partial charge in [0.25, 0.3) is 17.7 Å². The highest BCUT2D eigenvalue weighted by molar-refractivity contribution is 7.13. The van der Waals surface area contributed by atoms with E-state index in [1.54, 1.807) is 35.6 Å². The fraction of sp³-hybridized carbons (Fsp3) is 0.300. The highest BCUT2D eigenvalue weighted by atomic mass is 32.1. The van der Waals surface area contributed by atoms with Gasteiger partial charge in [0.1, 0.15) is 0 Å². The number of rotatable bonds is 8. The molecule has 1 amide bonds. The molecule has 1 aromatic carbocycles. The molecule has 0 fully saturated rings. The normalized spacial score (nSPS) is 12.9. The predicted octanol–water partition coefficient (Wildman–Crippen LogP) is 2.49. The first-order valence-electron chi connectivity index (χ1n) is 9.12. The molecule has 2 atom stereocenters. The zero-order chi connectivity index (χ0) is 19.9. The summed E-state index contributed by atoms with van der Waals surface area (Å²) in [6.07, 6.45) is 0.919. The lowest BCUT2D eigenvalue weighted by atomic mass is 10.2. The van der Waals surface area contributed by atoms with Crippen LogP contribution in [0.25, 0.3) is 10.8 Å². The van der Waals surface area contributed by atoms with Crippen molar-refractivity contribution in [2.24, 2.45) is 0 Å². The van der Waals surface area contributed by atoms with Crippen LogP contribution < -0.4 is 10.2 Å². The molecule has 28 heavy (non-hydrogen) atoms. The lowest BCUT2D eigenvalue weighted by Crippen LogP contribution is -3.15. The zero-order valence-electron chi connectivity index (χ0n) is 15.8. The second-order valence-electron chi connectivity index (χ2n) is 6.47. The predicted molar refractivity (Wildman–Crippen MR) is 107 cm³/mol. The molecule has 0 aliphatic carbocycles. The van der Waals surface area contributed by atoms with E-state index < -0.39 is 0 Å². The largest absolute Gasteiger partial charge is 0.414 e. The Morgan fingerprint density at radius 3 is 2.93 bits per heavy atom. The molecule has 1 unspecified atom stereocenters. The van der Waals surface area contributed by atoms with Crippen molar-refractivity contribution in [1.82, 2.24) is 10.2 Å². The summed E-state index contributed by atoms with van der Waals surface area (Å²) in [5, 5.41) is 22.1. The van der Waals surface area contributed by atoms with E-state index in [1.807, 2.05) is 24.4 Å². The van der Waals surface area contributed by atoms with Gasteiger partial charge in [-0.1, -0.05) is 19.1 Å².